The molecule has 0 amide bonds. The summed E-state index contributed by atoms with van der Waals surface area (Å²) in [4.78, 5) is 3.72. The Morgan fingerprint density at radius 1 is 0.872 bits per heavy atom. The fraction of sp³-hybridized carbons (Fsp3) is 0.167. The number of methoxy groups -OCH3 is 1. The van der Waals surface area contributed by atoms with Crippen LogP contribution >= 0.6 is 0 Å². The van der Waals surface area contributed by atoms with E-state index in [-0.39, 0.29) is 22.1 Å². The van der Waals surface area contributed by atoms with E-state index in [9.17, 15) is 39.9 Å². The van der Waals surface area contributed by atoms with Crippen molar-refractivity contribution >= 4 is 15.8 Å². The van der Waals surface area contributed by atoms with Gasteiger partial charge in [-0.25, -0.2) is 13.1 Å². The molecule has 2 aromatic carbocycles. The largest absolute Gasteiger partial charge is 0.497 e. The summed E-state index contributed by atoms with van der Waals surface area (Å²) in [5.74, 6) is 0.226. The van der Waals surface area contributed by atoms with Gasteiger partial charge in [-0.1, -0.05) is 12.1 Å². The van der Waals surface area contributed by atoms with E-state index in [0.717, 1.165) is 16.8 Å². The van der Waals surface area contributed by atoms with Gasteiger partial charge in [0, 0.05) is 29.6 Å². The number of benzene rings is 2. The molecule has 0 bridgehead atoms. The summed E-state index contributed by atoms with van der Waals surface area (Å²) in [5.41, 5.74) is -5.99. The van der Waals surface area contributed by atoms with Crippen molar-refractivity contribution in [1.82, 2.24) is 14.8 Å². The molecule has 4 rings (SSSR count). The third-order valence-electron chi connectivity index (χ3n) is 5.64. The monoisotopic (exact) mass is 572 g/mol. The predicted molar refractivity (Wildman–Crippen MR) is 127 cm³/mol. The van der Waals surface area contributed by atoms with E-state index in [0.29, 0.717) is 23.4 Å². The molecular weight excluding hydrogens is 554 g/mol. The van der Waals surface area contributed by atoms with E-state index in [1.807, 2.05) is 0 Å². The maximum absolute atomic E-state index is 13.3. The number of aromatic nitrogens is 3. The molecule has 0 aliphatic heterocycles. The molecule has 206 valence electrons. The molecule has 2 N–H and O–H groups in total. The molecule has 15 heteroatoms. The summed E-state index contributed by atoms with van der Waals surface area (Å²) in [6, 6.07) is 12.4. The number of pyridine rings is 1. The van der Waals surface area contributed by atoms with Crippen molar-refractivity contribution in [3.8, 4) is 22.7 Å². The van der Waals surface area contributed by atoms with Crippen molar-refractivity contribution in [2.24, 2.45) is 0 Å². The summed E-state index contributed by atoms with van der Waals surface area (Å²) in [6.45, 7) is 0. The van der Waals surface area contributed by atoms with Crippen LogP contribution in [0, 0.1) is 0 Å². The molecule has 39 heavy (non-hydrogen) atoms. The molecule has 8 nitrogen and oxygen atoms in total. The zero-order chi connectivity index (χ0) is 28.6. The molecule has 0 atom stereocenters. The minimum absolute atomic E-state index is 0.0989. The highest BCUT2D eigenvalue weighted by Gasteiger charge is 2.71. The lowest BCUT2D eigenvalue weighted by Gasteiger charge is -2.32. The molecule has 0 spiro atoms. The number of nitrogens with zero attached hydrogens (tertiary/aromatic N) is 3. The number of sulfonamides is 1. The Morgan fingerprint density at radius 3 is 1.95 bits per heavy atom. The number of aliphatic hydroxyl groups is 1. The number of nitrogens with one attached hydrogen (secondary N) is 1. The van der Waals surface area contributed by atoms with Crippen molar-refractivity contribution in [2.75, 3.05) is 11.8 Å². The quantitative estimate of drug-likeness (QED) is 0.300. The highest BCUT2D eigenvalue weighted by atomic mass is 32.2. The van der Waals surface area contributed by atoms with Crippen LogP contribution in [0.2, 0.25) is 0 Å². The SMILES string of the molecule is COc1ccc(S(=O)(=O)Nc2cc(-c3ccncc3)nn2-c2ccc(C(O)(C(F)(F)F)C(F)(F)F)cc2)cc1. The minimum atomic E-state index is -6.06. The molecule has 0 aliphatic rings. The van der Waals surface area contributed by atoms with Gasteiger partial charge in [0.1, 0.15) is 11.6 Å². The molecule has 0 saturated carbocycles. The molecule has 0 radical (unpaired) electrons. The lowest BCUT2D eigenvalue weighted by molar-refractivity contribution is -0.376. The van der Waals surface area contributed by atoms with Crippen LogP contribution in [-0.4, -0.2) is 47.8 Å². The van der Waals surface area contributed by atoms with Gasteiger partial charge in [-0.3, -0.25) is 9.71 Å². The van der Waals surface area contributed by atoms with Gasteiger partial charge in [0.2, 0.25) is 0 Å². The first-order chi connectivity index (χ1) is 18.2. The standard InChI is InChI=1S/C24H18F6N4O4S/c1-38-18-6-8-19(9-7-18)39(36,37)33-21-14-20(15-10-12-31-13-11-15)32-34(21)17-4-2-16(3-5-17)22(35,23(25,26)27)24(28,29)30/h2-14,33,35H,1H3. The summed E-state index contributed by atoms with van der Waals surface area (Å²) >= 11 is 0. The van der Waals surface area contributed by atoms with E-state index in [1.54, 1.807) is 12.1 Å². The lowest BCUT2D eigenvalue weighted by Crippen LogP contribution is -2.53. The first kappa shape index (κ1) is 27.9. The van der Waals surface area contributed by atoms with Gasteiger partial charge in [0.05, 0.1) is 23.4 Å². The van der Waals surface area contributed by atoms with Gasteiger partial charge in [0.15, 0.2) is 0 Å². The van der Waals surface area contributed by atoms with Crippen molar-refractivity contribution in [3.63, 3.8) is 0 Å². The fourth-order valence-corrected chi connectivity index (χ4v) is 4.63. The highest BCUT2D eigenvalue weighted by molar-refractivity contribution is 7.92. The zero-order valence-electron chi connectivity index (χ0n) is 19.7. The Balaban J connectivity index is 1.79. The van der Waals surface area contributed by atoms with Gasteiger partial charge >= 0.3 is 12.4 Å². The first-order valence-electron chi connectivity index (χ1n) is 10.8. The van der Waals surface area contributed by atoms with Gasteiger partial charge in [0.25, 0.3) is 15.6 Å². The van der Waals surface area contributed by atoms with E-state index in [4.69, 9.17) is 4.74 Å². The normalized spacial score (nSPS) is 12.8. The molecule has 0 unspecified atom stereocenters. The molecule has 4 aromatic rings. The zero-order valence-corrected chi connectivity index (χ0v) is 20.5. The maximum Gasteiger partial charge on any atom is 0.430 e. The topological polar surface area (TPSA) is 106 Å². The van der Waals surface area contributed by atoms with Crippen LogP contribution in [0.15, 0.2) is 84.0 Å². The Bertz CT molecular complexity index is 1540. The average molecular weight is 572 g/mol. The number of rotatable bonds is 7. The van der Waals surface area contributed by atoms with Crippen LogP contribution in [0.3, 0.4) is 0 Å². The second-order valence-corrected chi connectivity index (χ2v) is 9.78. The van der Waals surface area contributed by atoms with Crippen molar-refractivity contribution in [1.29, 1.82) is 0 Å². The smallest absolute Gasteiger partial charge is 0.430 e. The first-order valence-corrected chi connectivity index (χ1v) is 12.3. The highest BCUT2D eigenvalue weighted by Crippen LogP contribution is 2.50. The minimum Gasteiger partial charge on any atom is -0.497 e. The van der Waals surface area contributed by atoms with Crippen LogP contribution in [0.4, 0.5) is 32.2 Å². The van der Waals surface area contributed by atoms with Crippen LogP contribution in [0.5, 0.6) is 5.75 Å². The second kappa shape index (κ2) is 9.89. The Morgan fingerprint density at radius 2 is 1.44 bits per heavy atom. The van der Waals surface area contributed by atoms with Gasteiger partial charge < -0.3 is 9.84 Å². The van der Waals surface area contributed by atoms with E-state index >= 15 is 0 Å². The number of halogens is 6. The van der Waals surface area contributed by atoms with Crippen molar-refractivity contribution < 1.29 is 44.6 Å². The Kier molecular flexibility index (Phi) is 7.08. The molecule has 2 aromatic heterocycles. The summed E-state index contributed by atoms with van der Waals surface area (Å²) in [5, 5.41) is 13.9. The Hall–Kier alpha value is -4.11. The summed E-state index contributed by atoms with van der Waals surface area (Å²) in [7, 11) is -2.82. The van der Waals surface area contributed by atoms with E-state index in [2.05, 4.69) is 14.8 Å². The summed E-state index contributed by atoms with van der Waals surface area (Å²) in [6.07, 6.45) is -9.24. The van der Waals surface area contributed by atoms with Crippen LogP contribution in [0.25, 0.3) is 16.9 Å². The molecule has 0 saturated heterocycles. The maximum atomic E-state index is 13.3. The molecule has 0 fully saturated rings. The van der Waals surface area contributed by atoms with E-state index < -0.39 is 33.5 Å². The second-order valence-electron chi connectivity index (χ2n) is 8.10. The third kappa shape index (κ3) is 5.27. The van der Waals surface area contributed by atoms with Crippen LogP contribution in [0.1, 0.15) is 5.56 Å². The summed E-state index contributed by atoms with van der Waals surface area (Å²) < 4.78 is 114. The fourth-order valence-electron chi connectivity index (χ4n) is 3.60. The van der Waals surface area contributed by atoms with Crippen molar-refractivity contribution in [2.45, 2.75) is 22.8 Å². The number of hydrogen-bond acceptors (Lipinski definition) is 6. The van der Waals surface area contributed by atoms with Crippen LogP contribution in [-0.2, 0) is 15.6 Å². The number of hydrogen-bond donors (Lipinski definition) is 2. The number of alkyl halides is 6. The number of anilines is 1. The lowest BCUT2D eigenvalue weighted by atomic mass is 9.92. The third-order valence-corrected chi connectivity index (χ3v) is 7.01. The number of ether oxygens (including phenoxy) is 1. The molecule has 0 aliphatic carbocycles. The van der Waals surface area contributed by atoms with Gasteiger partial charge in [-0.15, -0.1) is 0 Å². The van der Waals surface area contributed by atoms with Gasteiger partial charge in [-0.2, -0.15) is 31.4 Å². The van der Waals surface area contributed by atoms with Gasteiger partial charge in [-0.05, 0) is 48.5 Å². The average Bonchev–Trinajstić information content (AvgIpc) is 3.30. The Labute approximate surface area is 217 Å². The molecular formula is C24H18F6N4O4S. The predicted octanol–water partition coefficient (Wildman–Crippen LogP) is 5.06. The van der Waals surface area contributed by atoms with E-state index in [1.165, 1.54) is 49.8 Å². The van der Waals surface area contributed by atoms with Crippen molar-refractivity contribution in [3.05, 3.63) is 84.7 Å². The van der Waals surface area contributed by atoms with Crippen LogP contribution < -0.4 is 9.46 Å². The molecule has 2 heterocycles.